The maximum atomic E-state index is 12.1. The van der Waals surface area contributed by atoms with Crippen molar-refractivity contribution in [2.45, 2.75) is 19.1 Å². The van der Waals surface area contributed by atoms with Gasteiger partial charge in [-0.15, -0.1) is 0 Å². The molecule has 0 aliphatic carbocycles. The van der Waals surface area contributed by atoms with Gasteiger partial charge in [-0.2, -0.15) is 9.19 Å². The van der Waals surface area contributed by atoms with E-state index in [2.05, 4.69) is 5.10 Å². The highest BCUT2D eigenvalue weighted by molar-refractivity contribution is 7.90. The van der Waals surface area contributed by atoms with Crippen molar-refractivity contribution >= 4 is 26.5 Å². The molecule has 114 valence electrons. The van der Waals surface area contributed by atoms with Crippen molar-refractivity contribution in [1.29, 1.82) is 0 Å². The molecule has 2 aromatic carbocycles. The minimum Gasteiger partial charge on any atom is -0.399 e. The average Bonchev–Trinajstić information content (AvgIpc) is 2.97. The molecule has 0 atom stereocenters. The third kappa shape index (κ3) is 2.46. The van der Waals surface area contributed by atoms with Crippen LogP contribution in [0.25, 0.3) is 21.9 Å². The smallest absolute Gasteiger partial charge is 0.256 e. The number of rotatable bonds is 3. The Balaban J connectivity index is 2.05. The fourth-order valence-corrected chi connectivity index (χ4v) is 3.12. The van der Waals surface area contributed by atoms with Crippen molar-refractivity contribution in [3.63, 3.8) is 0 Å². The normalized spacial score (nSPS) is 12.1. The molecule has 0 saturated carbocycles. The Morgan fingerprint density at radius 1 is 1.05 bits per heavy atom. The van der Waals surface area contributed by atoms with Crippen molar-refractivity contribution in [1.82, 2.24) is 9.19 Å². The number of aromatic nitrogens is 2. The molecule has 0 unspecified atom stereocenters. The largest absolute Gasteiger partial charge is 0.399 e. The zero-order valence-electron chi connectivity index (χ0n) is 12.4. The van der Waals surface area contributed by atoms with E-state index >= 15 is 0 Å². The van der Waals surface area contributed by atoms with E-state index in [1.165, 1.54) is 0 Å². The summed E-state index contributed by atoms with van der Waals surface area (Å²) in [6.07, 6.45) is 3.12. The van der Waals surface area contributed by atoms with Gasteiger partial charge in [0.05, 0.1) is 17.6 Å². The molecule has 0 bridgehead atoms. The van der Waals surface area contributed by atoms with Gasteiger partial charge in [0.1, 0.15) is 0 Å². The first-order valence-electron chi connectivity index (χ1n) is 6.96. The summed E-state index contributed by atoms with van der Waals surface area (Å²) in [6.45, 7) is 3.27. The van der Waals surface area contributed by atoms with Crippen LogP contribution in [-0.2, 0) is 10.0 Å². The number of nitrogens with two attached hydrogens (primary N) is 1. The highest BCUT2D eigenvalue weighted by Gasteiger charge is 2.19. The number of fused-ring (bicyclic) bond motifs is 1. The van der Waals surface area contributed by atoms with E-state index in [0.29, 0.717) is 0 Å². The molecule has 0 spiro atoms. The third-order valence-corrected chi connectivity index (χ3v) is 5.53. The SMILES string of the molecule is CC(C)S(=O)(=O)n1cc(-c2ccc3cc(N)ccc3c2)cn1. The van der Waals surface area contributed by atoms with Crippen LogP contribution in [0.4, 0.5) is 5.69 Å². The highest BCUT2D eigenvalue weighted by atomic mass is 32.2. The van der Waals surface area contributed by atoms with Crippen LogP contribution in [0.3, 0.4) is 0 Å². The summed E-state index contributed by atoms with van der Waals surface area (Å²) in [6, 6.07) is 11.6. The van der Waals surface area contributed by atoms with E-state index in [-0.39, 0.29) is 0 Å². The second-order valence-electron chi connectivity index (χ2n) is 5.52. The molecule has 3 aromatic rings. The first-order valence-corrected chi connectivity index (χ1v) is 8.47. The maximum Gasteiger partial charge on any atom is 0.256 e. The summed E-state index contributed by atoms with van der Waals surface area (Å²) in [7, 11) is -3.42. The molecule has 3 rings (SSSR count). The molecule has 0 saturated heterocycles. The van der Waals surface area contributed by atoms with Crippen LogP contribution in [-0.4, -0.2) is 22.9 Å². The van der Waals surface area contributed by atoms with Crippen LogP contribution < -0.4 is 5.73 Å². The molecule has 0 aliphatic heterocycles. The molecule has 6 heteroatoms. The van der Waals surface area contributed by atoms with Crippen LogP contribution >= 0.6 is 0 Å². The fourth-order valence-electron chi connectivity index (χ4n) is 2.25. The standard InChI is InChI=1S/C16H17N3O2S/c1-11(2)22(20,21)19-10-15(9-18-19)13-3-4-14-8-16(17)6-5-12(14)7-13/h3-11H,17H2,1-2H3. The molecule has 0 radical (unpaired) electrons. The van der Waals surface area contributed by atoms with Crippen LogP contribution in [0, 0.1) is 0 Å². The van der Waals surface area contributed by atoms with Crippen LogP contribution in [0.2, 0.25) is 0 Å². The molecular formula is C16H17N3O2S. The lowest BCUT2D eigenvalue weighted by molar-refractivity contribution is 0.571. The van der Waals surface area contributed by atoms with Gasteiger partial charge < -0.3 is 5.73 Å². The second kappa shape index (κ2) is 5.14. The van der Waals surface area contributed by atoms with Gasteiger partial charge in [-0.3, -0.25) is 0 Å². The molecule has 0 aliphatic rings. The lowest BCUT2D eigenvalue weighted by atomic mass is 10.0. The van der Waals surface area contributed by atoms with Crippen LogP contribution in [0.1, 0.15) is 13.8 Å². The predicted molar refractivity (Wildman–Crippen MR) is 89.0 cm³/mol. The van der Waals surface area contributed by atoms with Crippen molar-refractivity contribution in [2.75, 3.05) is 5.73 Å². The van der Waals surface area contributed by atoms with Crippen LogP contribution in [0.5, 0.6) is 0 Å². The first kappa shape index (κ1) is 14.6. The zero-order chi connectivity index (χ0) is 15.9. The number of nitrogen functional groups attached to an aromatic ring is 1. The van der Waals surface area contributed by atoms with Gasteiger partial charge in [0.2, 0.25) is 0 Å². The topological polar surface area (TPSA) is 78.0 Å². The number of hydrogen-bond acceptors (Lipinski definition) is 4. The van der Waals surface area contributed by atoms with E-state index in [0.717, 1.165) is 31.7 Å². The first-order chi connectivity index (χ1) is 10.4. The summed E-state index contributed by atoms with van der Waals surface area (Å²) >= 11 is 0. The summed E-state index contributed by atoms with van der Waals surface area (Å²) in [4.78, 5) is 0. The molecule has 0 fully saturated rings. The van der Waals surface area contributed by atoms with Crippen molar-refractivity contribution in [3.8, 4) is 11.1 Å². The number of anilines is 1. The Hall–Kier alpha value is -2.34. The van der Waals surface area contributed by atoms with Crippen molar-refractivity contribution < 1.29 is 8.42 Å². The molecule has 0 amide bonds. The molecule has 1 heterocycles. The Bertz CT molecular complexity index is 943. The molecular weight excluding hydrogens is 298 g/mol. The van der Waals surface area contributed by atoms with Gasteiger partial charge in [-0.05, 0) is 48.4 Å². The van der Waals surface area contributed by atoms with Crippen molar-refractivity contribution in [3.05, 3.63) is 48.8 Å². The average molecular weight is 315 g/mol. The lowest BCUT2D eigenvalue weighted by Crippen LogP contribution is -2.22. The monoisotopic (exact) mass is 315 g/mol. The predicted octanol–water partition coefficient (Wildman–Crippen LogP) is 2.87. The second-order valence-corrected chi connectivity index (χ2v) is 7.86. The van der Waals surface area contributed by atoms with Gasteiger partial charge in [0.25, 0.3) is 10.0 Å². The molecule has 1 aromatic heterocycles. The number of benzene rings is 2. The molecule has 22 heavy (non-hydrogen) atoms. The summed E-state index contributed by atoms with van der Waals surface area (Å²) in [5, 5.41) is 5.57. The maximum absolute atomic E-state index is 12.1. The fraction of sp³-hybridized carbons (Fsp3) is 0.188. The minimum absolute atomic E-state index is 0.514. The van der Waals surface area contributed by atoms with E-state index in [9.17, 15) is 8.42 Å². The third-order valence-electron chi connectivity index (χ3n) is 3.61. The number of hydrogen-bond donors (Lipinski definition) is 1. The Morgan fingerprint density at radius 3 is 2.45 bits per heavy atom. The van der Waals surface area contributed by atoms with E-state index in [4.69, 9.17) is 5.73 Å². The van der Waals surface area contributed by atoms with Gasteiger partial charge in [-0.25, -0.2) is 8.42 Å². The van der Waals surface area contributed by atoms with E-state index in [1.807, 2.05) is 36.4 Å². The highest BCUT2D eigenvalue weighted by Crippen LogP contribution is 2.26. The zero-order valence-corrected chi connectivity index (χ0v) is 13.2. The van der Waals surface area contributed by atoms with Crippen molar-refractivity contribution in [2.24, 2.45) is 0 Å². The van der Waals surface area contributed by atoms with Gasteiger partial charge >= 0.3 is 0 Å². The Morgan fingerprint density at radius 2 is 1.73 bits per heavy atom. The summed E-state index contributed by atoms with van der Waals surface area (Å²) in [5.74, 6) is 0. The molecule has 5 nitrogen and oxygen atoms in total. The van der Waals surface area contributed by atoms with Gasteiger partial charge in [0, 0.05) is 11.3 Å². The minimum atomic E-state index is -3.42. The quantitative estimate of drug-likeness (QED) is 0.754. The lowest BCUT2D eigenvalue weighted by Gasteiger charge is -2.06. The number of nitrogens with zero attached hydrogens (tertiary/aromatic N) is 2. The van der Waals surface area contributed by atoms with E-state index in [1.54, 1.807) is 26.2 Å². The Kier molecular flexibility index (Phi) is 3.41. The van der Waals surface area contributed by atoms with Crippen LogP contribution in [0.15, 0.2) is 48.8 Å². The van der Waals surface area contributed by atoms with Gasteiger partial charge in [0.15, 0.2) is 0 Å². The Labute approximate surface area is 129 Å². The molecule has 2 N–H and O–H groups in total. The van der Waals surface area contributed by atoms with Gasteiger partial charge in [-0.1, -0.05) is 18.2 Å². The van der Waals surface area contributed by atoms with E-state index < -0.39 is 15.3 Å². The summed E-state index contributed by atoms with van der Waals surface area (Å²) in [5.41, 5.74) is 8.18. The summed E-state index contributed by atoms with van der Waals surface area (Å²) < 4.78 is 25.3.